The number of amides is 1. The summed E-state index contributed by atoms with van der Waals surface area (Å²) in [6.07, 6.45) is -1.83. The van der Waals surface area contributed by atoms with Gasteiger partial charge in [-0.2, -0.15) is 13.2 Å². The third kappa shape index (κ3) is 8.94. The number of nitrogens with one attached hydrogen (secondary N) is 2. The van der Waals surface area contributed by atoms with Gasteiger partial charge in [0.2, 0.25) is 0 Å². The average Bonchev–Trinajstić information content (AvgIpc) is 2.72. The molecule has 0 aliphatic rings. The summed E-state index contributed by atoms with van der Waals surface area (Å²) in [5.41, 5.74) is 0.482. The zero-order valence-electron chi connectivity index (χ0n) is 18.9. The van der Waals surface area contributed by atoms with Crippen molar-refractivity contribution < 1.29 is 22.8 Å². The van der Waals surface area contributed by atoms with E-state index in [2.05, 4.69) is 15.5 Å². The number of carbonyl (C=O) groups excluding carboxylic acids is 2. The van der Waals surface area contributed by atoms with Crippen LogP contribution in [0.5, 0.6) is 0 Å². The molecule has 0 saturated heterocycles. The minimum absolute atomic E-state index is 0.0342. The van der Waals surface area contributed by atoms with Crippen LogP contribution in [0.3, 0.4) is 0 Å². The molecule has 0 aliphatic carbocycles. The first kappa shape index (κ1) is 26.5. The fraction of sp³-hybridized carbons (Fsp3) is 0.375. The summed E-state index contributed by atoms with van der Waals surface area (Å²) in [5, 5.41) is 5.16. The summed E-state index contributed by atoms with van der Waals surface area (Å²) in [7, 11) is 4.00. The highest BCUT2D eigenvalue weighted by Crippen LogP contribution is 2.32. The van der Waals surface area contributed by atoms with E-state index in [1.807, 2.05) is 14.1 Å². The molecule has 2 aromatic carbocycles. The van der Waals surface area contributed by atoms with Crippen LogP contribution in [0.25, 0.3) is 0 Å². The van der Waals surface area contributed by atoms with Gasteiger partial charge in [-0.3, -0.25) is 14.9 Å². The van der Waals surface area contributed by atoms with E-state index in [4.69, 9.17) is 12.2 Å². The van der Waals surface area contributed by atoms with Crippen LogP contribution in [0.4, 0.5) is 18.9 Å². The van der Waals surface area contributed by atoms with Crippen molar-refractivity contribution in [2.45, 2.75) is 38.8 Å². The van der Waals surface area contributed by atoms with Crippen LogP contribution in [-0.4, -0.2) is 42.3 Å². The minimum atomic E-state index is -4.55. The number of carbonyl (C=O) groups is 2. The monoisotopic (exact) mass is 479 g/mol. The molecular formula is C24H28F3N3O2S. The van der Waals surface area contributed by atoms with E-state index >= 15 is 0 Å². The van der Waals surface area contributed by atoms with Crippen molar-refractivity contribution in [1.82, 2.24) is 10.2 Å². The molecule has 2 aromatic rings. The Balaban J connectivity index is 1.87. The molecule has 0 unspecified atom stereocenters. The molecular weight excluding hydrogens is 451 g/mol. The van der Waals surface area contributed by atoms with Gasteiger partial charge in [-0.25, -0.2) is 0 Å². The lowest BCUT2D eigenvalue weighted by Gasteiger charge is -2.13. The summed E-state index contributed by atoms with van der Waals surface area (Å²) < 4.78 is 39.2. The number of halogens is 3. The van der Waals surface area contributed by atoms with Gasteiger partial charge < -0.3 is 10.2 Å². The molecule has 178 valence electrons. The molecule has 5 nitrogen and oxygen atoms in total. The van der Waals surface area contributed by atoms with Crippen LogP contribution in [0.15, 0.2) is 42.5 Å². The van der Waals surface area contributed by atoms with E-state index in [1.165, 1.54) is 19.1 Å². The number of benzene rings is 2. The smallest absolute Gasteiger partial charge is 0.332 e. The van der Waals surface area contributed by atoms with Gasteiger partial charge in [-0.15, -0.1) is 0 Å². The van der Waals surface area contributed by atoms with Gasteiger partial charge in [0.25, 0.3) is 5.91 Å². The van der Waals surface area contributed by atoms with E-state index in [0.29, 0.717) is 18.5 Å². The molecule has 0 spiro atoms. The Bertz CT molecular complexity index is 989. The number of alkyl halides is 3. The van der Waals surface area contributed by atoms with E-state index < -0.39 is 17.6 Å². The Hall–Kier alpha value is -2.78. The number of thiocarbonyl (C=S) groups is 1. The van der Waals surface area contributed by atoms with Crippen LogP contribution in [0.1, 0.15) is 46.3 Å². The van der Waals surface area contributed by atoms with Gasteiger partial charge in [-0.1, -0.05) is 18.2 Å². The fourth-order valence-corrected chi connectivity index (χ4v) is 3.39. The predicted molar refractivity (Wildman–Crippen MR) is 127 cm³/mol. The van der Waals surface area contributed by atoms with E-state index in [-0.39, 0.29) is 22.0 Å². The predicted octanol–water partition coefficient (Wildman–Crippen LogP) is 4.98. The zero-order valence-corrected chi connectivity index (χ0v) is 19.7. The summed E-state index contributed by atoms with van der Waals surface area (Å²) in [5.74, 6) is -0.567. The van der Waals surface area contributed by atoms with Crippen molar-refractivity contribution in [2.75, 3.05) is 26.0 Å². The second-order valence-electron chi connectivity index (χ2n) is 8.11. The number of Topliss-reactive ketones (excluding diaryl/α,β-unsaturated/α-hetero) is 1. The molecule has 0 radical (unpaired) electrons. The van der Waals surface area contributed by atoms with Crippen LogP contribution in [-0.2, 0) is 17.4 Å². The Labute approximate surface area is 197 Å². The summed E-state index contributed by atoms with van der Waals surface area (Å²) in [4.78, 5) is 26.5. The fourth-order valence-electron chi connectivity index (χ4n) is 3.18. The Morgan fingerprint density at radius 1 is 1.03 bits per heavy atom. The van der Waals surface area contributed by atoms with Gasteiger partial charge in [-0.05, 0) is 88.0 Å². The van der Waals surface area contributed by atoms with Gasteiger partial charge >= 0.3 is 6.18 Å². The number of unbranched alkanes of at least 4 members (excludes halogenated alkanes) is 1. The number of ketones is 1. The molecule has 0 aromatic heterocycles. The highest BCUT2D eigenvalue weighted by atomic mass is 32.1. The van der Waals surface area contributed by atoms with Crippen LogP contribution in [0.2, 0.25) is 0 Å². The lowest BCUT2D eigenvalue weighted by molar-refractivity contribution is -0.138. The molecule has 1 amide bonds. The Kier molecular flexibility index (Phi) is 9.55. The molecule has 2 rings (SSSR count). The molecule has 9 heteroatoms. The molecule has 0 bridgehead atoms. The zero-order chi connectivity index (χ0) is 24.6. The maximum Gasteiger partial charge on any atom is 0.416 e. The first-order valence-electron chi connectivity index (χ1n) is 10.5. The molecule has 0 fully saturated rings. The van der Waals surface area contributed by atoms with Crippen molar-refractivity contribution >= 4 is 34.7 Å². The number of nitrogens with zero attached hydrogens (tertiary/aromatic N) is 1. The lowest BCUT2D eigenvalue weighted by atomic mass is 10.0. The average molecular weight is 480 g/mol. The SMILES string of the molecule is Cc1ccc(C(=O)NC(=S)Nc2ccc(CC(=O)CCCCN(C)C)cc2)cc1C(F)(F)F. The Morgan fingerprint density at radius 3 is 2.30 bits per heavy atom. The van der Waals surface area contributed by atoms with E-state index in [9.17, 15) is 22.8 Å². The molecule has 0 saturated carbocycles. The number of rotatable bonds is 9. The quantitative estimate of drug-likeness (QED) is 0.392. The number of hydrogen-bond acceptors (Lipinski definition) is 4. The van der Waals surface area contributed by atoms with E-state index in [1.54, 1.807) is 24.3 Å². The molecule has 2 N–H and O–H groups in total. The standard InChI is InChI=1S/C24H28F3N3O2S/c1-16-7-10-18(15-21(16)24(25,26)27)22(32)29-23(33)28-19-11-8-17(9-12-19)14-20(31)6-4-5-13-30(2)3/h7-12,15H,4-6,13-14H2,1-3H3,(H2,28,29,32,33). The van der Waals surface area contributed by atoms with Gasteiger partial charge in [0.1, 0.15) is 5.78 Å². The van der Waals surface area contributed by atoms with Gasteiger partial charge in [0.05, 0.1) is 5.56 Å². The normalized spacial score (nSPS) is 11.4. The Morgan fingerprint density at radius 2 is 1.70 bits per heavy atom. The first-order chi connectivity index (χ1) is 15.5. The second kappa shape index (κ2) is 11.9. The molecule has 0 atom stereocenters. The van der Waals surface area contributed by atoms with Crippen molar-refractivity contribution in [2.24, 2.45) is 0 Å². The minimum Gasteiger partial charge on any atom is -0.332 e. The number of anilines is 1. The first-order valence-corrected chi connectivity index (χ1v) is 10.9. The lowest BCUT2D eigenvalue weighted by Crippen LogP contribution is -2.34. The van der Waals surface area contributed by atoms with Crippen molar-refractivity contribution in [3.8, 4) is 0 Å². The molecule has 0 heterocycles. The third-order valence-electron chi connectivity index (χ3n) is 4.96. The molecule has 33 heavy (non-hydrogen) atoms. The summed E-state index contributed by atoms with van der Waals surface area (Å²) >= 11 is 5.10. The van der Waals surface area contributed by atoms with Crippen LogP contribution in [0, 0.1) is 6.92 Å². The van der Waals surface area contributed by atoms with Crippen molar-refractivity contribution in [3.63, 3.8) is 0 Å². The summed E-state index contributed by atoms with van der Waals surface area (Å²) in [6.45, 7) is 2.29. The highest BCUT2D eigenvalue weighted by molar-refractivity contribution is 7.80. The number of hydrogen-bond donors (Lipinski definition) is 2. The number of aryl methyl sites for hydroxylation is 1. The maximum absolute atomic E-state index is 13.1. The summed E-state index contributed by atoms with van der Waals surface area (Å²) in [6, 6.07) is 10.4. The third-order valence-corrected chi connectivity index (χ3v) is 5.16. The second-order valence-corrected chi connectivity index (χ2v) is 8.52. The van der Waals surface area contributed by atoms with Crippen molar-refractivity contribution in [3.05, 3.63) is 64.7 Å². The van der Waals surface area contributed by atoms with Gasteiger partial charge in [0.15, 0.2) is 5.11 Å². The van der Waals surface area contributed by atoms with Crippen LogP contribution < -0.4 is 10.6 Å². The molecule has 0 aliphatic heterocycles. The van der Waals surface area contributed by atoms with Crippen molar-refractivity contribution in [1.29, 1.82) is 0 Å². The maximum atomic E-state index is 13.1. The topological polar surface area (TPSA) is 61.4 Å². The van der Waals surface area contributed by atoms with E-state index in [0.717, 1.165) is 31.0 Å². The van der Waals surface area contributed by atoms with Crippen LogP contribution >= 0.6 is 12.2 Å². The highest BCUT2D eigenvalue weighted by Gasteiger charge is 2.33. The van der Waals surface area contributed by atoms with Gasteiger partial charge in [0, 0.05) is 24.1 Å². The largest absolute Gasteiger partial charge is 0.416 e.